The van der Waals surface area contributed by atoms with Crippen LogP contribution in [-0.4, -0.2) is 61.9 Å². The van der Waals surface area contributed by atoms with Crippen LogP contribution < -0.4 is 0 Å². The second-order valence-electron chi connectivity index (χ2n) is 6.38. The van der Waals surface area contributed by atoms with Crippen LogP contribution in [-0.2, 0) is 23.8 Å². The minimum atomic E-state index is -0.589. The van der Waals surface area contributed by atoms with Crippen molar-refractivity contribution in [3.05, 3.63) is 0 Å². The second-order valence-corrected chi connectivity index (χ2v) is 6.38. The maximum absolute atomic E-state index is 12.5. The SMILES string of the molecule is CCOC(=O)CN(CC(C)C)C(=O)C(C)OCC1CCCCO1. The Bertz CT molecular complexity index is 366. The summed E-state index contributed by atoms with van der Waals surface area (Å²) in [6.45, 7) is 9.46. The lowest BCUT2D eigenvalue weighted by molar-refractivity contribution is -0.155. The average molecular weight is 329 g/mol. The van der Waals surface area contributed by atoms with E-state index in [1.165, 1.54) is 4.90 Å². The molecule has 1 rings (SSSR count). The number of carbonyl (C=O) groups is 2. The maximum atomic E-state index is 12.5. The predicted molar refractivity (Wildman–Crippen MR) is 87.1 cm³/mol. The largest absolute Gasteiger partial charge is 0.465 e. The molecule has 0 radical (unpaired) electrons. The highest BCUT2D eigenvalue weighted by Crippen LogP contribution is 2.14. The Hall–Kier alpha value is -1.14. The fraction of sp³-hybridized carbons (Fsp3) is 0.882. The zero-order valence-corrected chi connectivity index (χ0v) is 14.9. The molecule has 0 aromatic carbocycles. The molecule has 1 saturated heterocycles. The molecule has 2 atom stereocenters. The fourth-order valence-electron chi connectivity index (χ4n) is 2.55. The lowest BCUT2D eigenvalue weighted by Crippen LogP contribution is -2.45. The first-order valence-corrected chi connectivity index (χ1v) is 8.61. The Kier molecular flexibility index (Phi) is 9.17. The fourth-order valence-corrected chi connectivity index (χ4v) is 2.55. The number of ether oxygens (including phenoxy) is 3. The number of carbonyl (C=O) groups excluding carboxylic acids is 2. The predicted octanol–water partition coefficient (Wildman–Crippen LogP) is 2.01. The molecule has 1 heterocycles. The van der Waals surface area contributed by atoms with E-state index in [1.807, 2.05) is 13.8 Å². The molecule has 0 spiro atoms. The Morgan fingerprint density at radius 2 is 2.00 bits per heavy atom. The molecular formula is C17H31NO5. The van der Waals surface area contributed by atoms with E-state index >= 15 is 0 Å². The van der Waals surface area contributed by atoms with Gasteiger partial charge in [0.05, 0.1) is 19.3 Å². The molecule has 0 saturated carbocycles. The van der Waals surface area contributed by atoms with Gasteiger partial charge in [0, 0.05) is 13.2 Å². The summed E-state index contributed by atoms with van der Waals surface area (Å²) in [5, 5.41) is 0. The molecule has 0 aromatic rings. The van der Waals surface area contributed by atoms with Crippen molar-refractivity contribution < 1.29 is 23.8 Å². The van der Waals surface area contributed by atoms with Gasteiger partial charge >= 0.3 is 5.97 Å². The van der Waals surface area contributed by atoms with Crippen molar-refractivity contribution in [3.63, 3.8) is 0 Å². The quantitative estimate of drug-likeness (QED) is 0.606. The van der Waals surface area contributed by atoms with Crippen LogP contribution in [0.2, 0.25) is 0 Å². The summed E-state index contributed by atoms with van der Waals surface area (Å²) in [6, 6.07) is 0. The van der Waals surface area contributed by atoms with E-state index in [4.69, 9.17) is 14.2 Å². The Morgan fingerprint density at radius 3 is 2.57 bits per heavy atom. The van der Waals surface area contributed by atoms with Gasteiger partial charge in [0.15, 0.2) is 0 Å². The summed E-state index contributed by atoms with van der Waals surface area (Å²) in [7, 11) is 0. The molecule has 1 aliphatic rings. The molecule has 1 aliphatic heterocycles. The van der Waals surface area contributed by atoms with E-state index in [-0.39, 0.29) is 30.4 Å². The van der Waals surface area contributed by atoms with Gasteiger partial charge in [-0.1, -0.05) is 13.8 Å². The molecule has 2 unspecified atom stereocenters. The van der Waals surface area contributed by atoms with Crippen LogP contribution in [0.15, 0.2) is 0 Å². The lowest BCUT2D eigenvalue weighted by atomic mass is 10.1. The summed E-state index contributed by atoms with van der Waals surface area (Å²) in [5.41, 5.74) is 0. The molecule has 0 aromatic heterocycles. The molecule has 23 heavy (non-hydrogen) atoms. The summed E-state index contributed by atoms with van der Waals surface area (Å²) in [4.78, 5) is 25.8. The molecule has 6 nitrogen and oxygen atoms in total. The molecule has 6 heteroatoms. The van der Waals surface area contributed by atoms with Gasteiger partial charge in [-0.3, -0.25) is 9.59 Å². The van der Waals surface area contributed by atoms with Gasteiger partial charge < -0.3 is 19.1 Å². The average Bonchev–Trinajstić information content (AvgIpc) is 2.52. The smallest absolute Gasteiger partial charge is 0.325 e. The standard InChI is InChI=1S/C17H31NO5/c1-5-21-16(19)11-18(10-13(2)3)17(20)14(4)23-12-15-8-6-7-9-22-15/h13-15H,5-12H2,1-4H3. The van der Waals surface area contributed by atoms with Crippen molar-refractivity contribution >= 4 is 11.9 Å². The van der Waals surface area contributed by atoms with Crippen LogP contribution in [0.25, 0.3) is 0 Å². The highest BCUT2D eigenvalue weighted by Gasteiger charge is 2.25. The van der Waals surface area contributed by atoms with Crippen LogP contribution in [0.1, 0.15) is 47.0 Å². The zero-order chi connectivity index (χ0) is 17.2. The van der Waals surface area contributed by atoms with Crippen molar-refractivity contribution in [1.82, 2.24) is 4.90 Å². The van der Waals surface area contributed by atoms with Crippen molar-refractivity contribution in [2.75, 3.05) is 32.9 Å². The van der Waals surface area contributed by atoms with Gasteiger partial charge in [-0.15, -0.1) is 0 Å². The normalized spacial score (nSPS) is 19.4. The van der Waals surface area contributed by atoms with Crippen LogP contribution in [0.5, 0.6) is 0 Å². The minimum Gasteiger partial charge on any atom is -0.465 e. The highest BCUT2D eigenvalue weighted by molar-refractivity contribution is 5.84. The molecule has 1 amide bonds. The number of esters is 1. The molecule has 1 fully saturated rings. The van der Waals surface area contributed by atoms with Gasteiger partial charge in [0.25, 0.3) is 5.91 Å². The van der Waals surface area contributed by atoms with Gasteiger partial charge in [0.1, 0.15) is 12.6 Å². The van der Waals surface area contributed by atoms with Crippen LogP contribution in [0.4, 0.5) is 0 Å². The molecular weight excluding hydrogens is 298 g/mol. The van der Waals surface area contributed by atoms with Crippen molar-refractivity contribution in [2.24, 2.45) is 5.92 Å². The van der Waals surface area contributed by atoms with E-state index in [0.717, 1.165) is 25.9 Å². The number of rotatable bonds is 9. The lowest BCUT2D eigenvalue weighted by Gasteiger charge is -2.28. The van der Waals surface area contributed by atoms with E-state index in [9.17, 15) is 9.59 Å². The van der Waals surface area contributed by atoms with Gasteiger partial charge in [-0.2, -0.15) is 0 Å². The van der Waals surface area contributed by atoms with Crippen molar-refractivity contribution in [2.45, 2.75) is 59.2 Å². The monoisotopic (exact) mass is 329 g/mol. The summed E-state index contributed by atoms with van der Waals surface area (Å²) >= 11 is 0. The summed E-state index contributed by atoms with van der Waals surface area (Å²) in [5.74, 6) is -0.297. The van der Waals surface area contributed by atoms with Crippen LogP contribution in [0, 0.1) is 5.92 Å². The van der Waals surface area contributed by atoms with E-state index in [1.54, 1.807) is 13.8 Å². The minimum absolute atomic E-state index is 0.0293. The summed E-state index contributed by atoms with van der Waals surface area (Å²) < 4.78 is 16.2. The van der Waals surface area contributed by atoms with E-state index in [0.29, 0.717) is 19.8 Å². The topological polar surface area (TPSA) is 65.1 Å². The highest BCUT2D eigenvalue weighted by atomic mass is 16.5. The van der Waals surface area contributed by atoms with Crippen LogP contribution in [0.3, 0.4) is 0 Å². The Labute approximate surface area is 139 Å². The zero-order valence-electron chi connectivity index (χ0n) is 14.9. The number of amides is 1. The van der Waals surface area contributed by atoms with Gasteiger partial charge in [-0.05, 0) is 39.0 Å². The van der Waals surface area contributed by atoms with Crippen molar-refractivity contribution in [1.29, 1.82) is 0 Å². The second kappa shape index (κ2) is 10.6. The number of hydrogen-bond acceptors (Lipinski definition) is 5. The molecule has 134 valence electrons. The first kappa shape index (κ1) is 19.9. The third-order valence-corrected chi connectivity index (χ3v) is 3.68. The number of hydrogen-bond donors (Lipinski definition) is 0. The van der Waals surface area contributed by atoms with E-state index < -0.39 is 6.10 Å². The first-order valence-electron chi connectivity index (χ1n) is 8.61. The Balaban J connectivity index is 2.50. The van der Waals surface area contributed by atoms with Gasteiger partial charge in [0.2, 0.25) is 0 Å². The third-order valence-electron chi connectivity index (χ3n) is 3.68. The molecule has 0 bridgehead atoms. The third kappa shape index (κ3) is 7.79. The van der Waals surface area contributed by atoms with Crippen molar-refractivity contribution in [3.8, 4) is 0 Å². The van der Waals surface area contributed by atoms with Crippen LogP contribution >= 0.6 is 0 Å². The molecule has 0 aliphatic carbocycles. The molecule has 0 N–H and O–H groups in total. The van der Waals surface area contributed by atoms with Gasteiger partial charge in [-0.25, -0.2) is 0 Å². The number of nitrogens with zero attached hydrogens (tertiary/aromatic N) is 1. The first-order chi connectivity index (χ1) is 10.9. The van der Waals surface area contributed by atoms with E-state index in [2.05, 4.69) is 0 Å². The maximum Gasteiger partial charge on any atom is 0.325 e. The summed E-state index contributed by atoms with van der Waals surface area (Å²) in [6.07, 6.45) is 2.68. The Morgan fingerprint density at radius 1 is 1.26 bits per heavy atom.